The number of aryl methyl sites for hydroxylation is 1. The summed E-state index contributed by atoms with van der Waals surface area (Å²) in [5.74, 6) is 0.426. The molecule has 0 saturated carbocycles. The van der Waals surface area contributed by atoms with Crippen LogP contribution in [-0.2, 0) is 7.05 Å². The summed E-state index contributed by atoms with van der Waals surface area (Å²) in [4.78, 5) is 12.5. The van der Waals surface area contributed by atoms with Crippen LogP contribution in [0.15, 0.2) is 53.3 Å². The SMILES string of the molecule is COc1nn(C)c(=O)n1-c1ccccc1Oc1nnc(-c2ccc(Cl)cc2)s1. The third-order valence-electron chi connectivity index (χ3n) is 3.88. The molecule has 0 aliphatic carbocycles. The zero-order chi connectivity index (χ0) is 19.7. The maximum atomic E-state index is 12.5. The molecule has 0 amide bonds. The molecule has 0 aliphatic rings. The summed E-state index contributed by atoms with van der Waals surface area (Å²) in [5, 5.41) is 14.0. The number of nitrogens with zero attached hydrogens (tertiary/aromatic N) is 5. The number of aromatic nitrogens is 5. The van der Waals surface area contributed by atoms with Gasteiger partial charge in [0.15, 0.2) is 10.8 Å². The van der Waals surface area contributed by atoms with E-state index in [9.17, 15) is 4.79 Å². The molecule has 4 aromatic rings. The molecule has 2 heterocycles. The molecule has 4 rings (SSSR count). The number of hydrogen-bond donors (Lipinski definition) is 0. The van der Waals surface area contributed by atoms with Crippen molar-refractivity contribution in [2.45, 2.75) is 0 Å². The third kappa shape index (κ3) is 3.37. The van der Waals surface area contributed by atoms with E-state index in [1.165, 1.54) is 27.7 Å². The molecule has 0 atom stereocenters. The van der Waals surface area contributed by atoms with Crippen molar-refractivity contribution in [1.82, 2.24) is 24.5 Å². The normalized spacial score (nSPS) is 10.8. The van der Waals surface area contributed by atoms with Crippen molar-refractivity contribution in [3.05, 3.63) is 64.0 Å². The van der Waals surface area contributed by atoms with Crippen LogP contribution in [-0.4, -0.2) is 31.7 Å². The van der Waals surface area contributed by atoms with Crippen molar-refractivity contribution in [2.75, 3.05) is 7.11 Å². The van der Waals surface area contributed by atoms with Gasteiger partial charge >= 0.3 is 11.7 Å². The van der Waals surface area contributed by atoms with Crippen LogP contribution in [0.4, 0.5) is 0 Å². The number of hydrogen-bond acceptors (Lipinski definition) is 7. The molecule has 0 radical (unpaired) electrons. The third-order valence-corrected chi connectivity index (χ3v) is 4.98. The van der Waals surface area contributed by atoms with Gasteiger partial charge in [0.05, 0.1) is 12.8 Å². The Morgan fingerprint density at radius 1 is 1.07 bits per heavy atom. The summed E-state index contributed by atoms with van der Waals surface area (Å²) in [6.07, 6.45) is 0. The summed E-state index contributed by atoms with van der Waals surface area (Å²) in [7, 11) is 3.00. The Balaban J connectivity index is 1.69. The smallest absolute Gasteiger partial charge is 0.353 e. The Kier molecular flexibility index (Phi) is 4.84. The maximum absolute atomic E-state index is 12.5. The molecule has 2 aromatic heterocycles. The minimum Gasteiger partial charge on any atom is -0.467 e. The zero-order valence-corrected chi connectivity index (χ0v) is 16.4. The minimum absolute atomic E-state index is 0.155. The first-order chi connectivity index (χ1) is 13.6. The average molecular weight is 416 g/mol. The molecule has 0 bridgehead atoms. The van der Waals surface area contributed by atoms with Crippen molar-refractivity contribution >= 4 is 22.9 Å². The number of halogens is 1. The first-order valence-corrected chi connectivity index (χ1v) is 9.33. The molecular formula is C18H14ClN5O3S. The molecule has 10 heteroatoms. The van der Waals surface area contributed by atoms with Crippen molar-refractivity contribution in [1.29, 1.82) is 0 Å². The van der Waals surface area contributed by atoms with Gasteiger partial charge in [-0.1, -0.05) is 52.3 Å². The van der Waals surface area contributed by atoms with Crippen molar-refractivity contribution in [2.24, 2.45) is 7.05 Å². The number of benzene rings is 2. The van der Waals surface area contributed by atoms with E-state index >= 15 is 0 Å². The molecule has 2 aromatic carbocycles. The van der Waals surface area contributed by atoms with Crippen LogP contribution in [0.5, 0.6) is 17.0 Å². The fraction of sp³-hybridized carbons (Fsp3) is 0.111. The van der Waals surface area contributed by atoms with Gasteiger partial charge in [-0.2, -0.15) is 0 Å². The Morgan fingerprint density at radius 3 is 2.57 bits per heavy atom. The standard InChI is InChI=1S/C18H14ClN5O3S/c1-23-18(25)24(16(22-23)26-2)13-5-3-4-6-14(13)27-17-21-20-15(28-17)11-7-9-12(19)10-8-11/h3-10H,1-2H3. The highest BCUT2D eigenvalue weighted by Gasteiger charge is 2.18. The van der Waals surface area contributed by atoms with Crippen LogP contribution in [0.3, 0.4) is 0 Å². The van der Waals surface area contributed by atoms with Gasteiger partial charge < -0.3 is 9.47 Å². The average Bonchev–Trinajstić information content (AvgIpc) is 3.28. The van der Waals surface area contributed by atoms with Gasteiger partial charge in [0.25, 0.3) is 5.19 Å². The number of rotatable bonds is 5. The molecule has 0 fully saturated rings. The lowest BCUT2D eigenvalue weighted by Crippen LogP contribution is -2.22. The highest BCUT2D eigenvalue weighted by Crippen LogP contribution is 2.34. The highest BCUT2D eigenvalue weighted by molar-refractivity contribution is 7.16. The second-order valence-electron chi connectivity index (χ2n) is 5.68. The minimum atomic E-state index is -0.355. The molecule has 0 aliphatic heterocycles. The van der Waals surface area contributed by atoms with E-state index in [-0.39, 0.29) is 11.7 Å². The van der Waals surface area contributed by atoms with Gasteiger partial charge in [-0.3, -0.25) is 0 Å². The lowest BCUT2D eigenvalue weighted by atomic mass is 10.2. The fourth-order valence-electron chi connectivity index (χ4n) is 2.56. The van der Waals surface area contributed by atoms with Gasteiger partial charge in [-0.25, -0.2) is 14.0 Å². The summed E-state index contributed by atoms with van der Waals surface area (Å²) in [6.45, 7) is 0. The summed E-state index contributed by atoms with van der Waals surface area (Å²) >= 11 is 7.21. The number of para-hydroxylation sites is 2. The number of ether oxygens (including phenoxy) is 2. The van der Waals surface area contributed by atoms with Crippen LogP contribution in [0.25, 0.3) is 16.3 Å². The second-order valence-corrected chi connectivity index (χ2v) is 7.05. The largest absolute Gasteiger partial charge is 0.467 e. The van der Waals surface area contributed by atoms with Crippen LogP contribution >= 0.6 is 22.9 Å². The second kappa shape index (κ2) is 7.45. The Bertz CT molecular complexity index is 1180. The van der Waals surface area contributed by atoms with E-state index in [4.69, 9.17) is 21.1 Å². The first kappa shape index (κ1) is 18.2. The number of methoxy groups -OCH3 is 1. The molecule has 0 N–H and O–H groups in total. The highest BCUT2D eigenvalue weighted by atomic mass is 35.5. The van der Waals surface area contributed by atoms with Crippen LogP contribution in [0.2, 0.25) is 5.02 Å². The predicted molar refractivity (Wildman–Crippen MR) is 106 cm³/mol. The molecular weight excluding hydrogens is 402 g/mol. The Morgan fingerprint density at radius 2 is 1.82 bits per heavy atom. The Labute approximate surface area is 168 Å². The molecule has 28 heavy (non-hydrogen) atoms. The van der Waals surface area contributed by atoms with E-state index in [1.54, 1.807) is 43.4 Å². The van der Waals surface area contributed by atoms with Crippen molar-refractivity contribution in [3.63, 3.8) is 0 Å². The van der Waals surface area contributed by atoms with Crippen LogP contribution in [0, 0.1) is 0 Å². The van der Waals surface area contributed by atoms with Crippen LogP contribution < -0.4 is 15.2 Å². The molecule has 0 unspecified atom stereocenters. The molecule has 142 valence electrons. The van der Waals surface area contributed by atoms with Crippen molar-refractivity contribution in [3.8, 4) is 33.2 Å². The lowest BCUT2D eigenvalue weighted by molar-refractivity contribution is 0.367. The molecule has 0 spiro atoms. The lowest BCUT2D eigenvalue weighted by Gasteiger charge is -2.09. The van der Waals surface area contributed by atoms with E-state index in [0.717, 1.165) is 5.56 Å². The van der Waals surface area contributed by atoms with E-state index in [2.05, 4.69) is 15.3 Å². The summed E-state index contributed by atoms with van der Waals surface area (Å²) in [6, 6.07) is 14.5. The van der Waals surface area contributed by atoms with E-state index in [1.807, 2.05) is 12.1 Å². The van der Waals surface area contributed by atoms with E-state index < -0.39 is 0 Å². The van der Waals surface area contributed by atoms with Gasteiger partial charge in [-0.05, 0) is 24.3 Å². The van der Waals surface area contributed by atoms with Crippen molar-refractivity contribution < 1.29 is 9.47 Å². The quantitative estimate of drug-likeness (QED) is 0.495. The maximum Gasteiger partial charge on any atom is 0.353 e. The predicted octanol–water partition coefficient (Wildman–Crippen LogP) is 3.54. The van der Waals surface area contributed by atoms with E-state index in [0.29, 0.717) is 26.7 Å². The summed E-state index contributed by atoms with van der Waals surface area (Å²) < 4.78 is 13.7. The van der Waals surface area contributed by atoms with Crippen LogP contribution in [0.1, 0.15) is 0 Å². The van der Waals surface area contributed by atoms with Gasteiger partial charge in [0.2, 0.25) is 0 Å². The summed E-state index contributed by atoms with van der Waals surface area (Å²) in [5.41, 5.74) is 1.02. The van der Waals surface area contributed by atoms with Gasteiger partial charge in [-0.15, -0.1) is 10.2 Å². The van der Waals surface area contributed by atoms with Gasteiger partial charge in [0, 0.05) is 17.6 Å². The molecule has 0 saturated heterocycles. The molecule has 8 nitrogen and oxygen atoms in total. The van der Waals surface area contributed by atoms with Gasteiger partial charge in [0.1, 0.15) is 0 Å². The monoisotopic (exact) mass is 415 g/mol. The fourth-order valence-corrected chi connectivity index (χ4v) is 3.40. The topological polar surface area (TPSA) is 84.1 Å². The Hall–Kier alpha value is -3.17. The first-order valence-electron chi connectivity index (χ1n) is 8.13. The zero-order valence-electron chi connectivity index (χ0n) is 14.9.